The van der Waals surface area contributed by atoms with Gasteiger partial charge in [0.05, 0.1) is 0 Å². The van der Waals surface area contributed by atoms with Gasteiger partial charge in [0.2, 0.25) is 0 Å². The third-order valence-corrected chi connectivity index (χ3v) is 6.08. The highest BCUT2D eigenvalue weighted by atomic mass is 31.1. The average Bonchev–Trinajstić information content (AvgIpc) is 2.59. The largest absolute Gasteiger partial charge is 0.362 e. The van der Waals surface area contributed by atoms with Crippen LogP contribution in [0.1, 0.15) is 89.5 Å². The first-order valence-corrected chi connectivity index (χ1v) is 11.6. The van der Waals surface area contributed by atoms with Crippen LogP contribution in [0.2, 0.25) is 0 Å². The monoisotopic (exact) mass is 366 g/mol. The van der Waals surface area contributed by atoms with Crippen molar-refractivity contribution in [2.24, 2.45) is 0 Å². The van der Waals surface area contributed by atoms with E-state index in [1.807, 2.05) is 30.3 Å². The van der Waals surface area contributed by atoms with Gasteiger partial charge in [0, 0.05) is 6.42 Å². The van der Waals surface area contributed by atoms with Gasteiger partial charge in [-0.3, -0.25) is 0 Å². The quantitative estimate of drug-likeness (QED) is 0.206. The number of hydrogen-bond acceptors (Lipinski definition) is 2. The summed E-state index contributed by atoms with van der Waals surface area (Å²) in [6, 6.07) is 9.75. The molecule has 0 spiro atoms. The lowest BCUT2D eigenvalue weighted by molar-refractivity contribution is -0.0781. The highest BCUT2D eigenvalue weighted by Gasteiger charge is 2.22. The van der Waals surface area contributed by atoms with E-state index in [0.717, 1.165) is 18.1 Å². The van der Waals surface area contributed by atoms with Gasteiger partial charge >= 0.3 is 0 Å². The minimum absolute atomic E-state index is 0.207. The molecule has 0 fully saturated rings. The topological polar surface area (TPSA) is 40.5 Å². The zero-order valence-electron chi connectivity index (χ0n) is 16.2. The third-order valence-electron chi connectivity index (χ3n) is 4.73. The second kappa shape index (κ2) is 14.7. The molecule has 2 N–H and O–H groups in total. The maximum absolute atomic E-state index is 10.1. The van der Waals surface area contributed by atoms with E-state index in [1.165, 1.54) is 70.6 Å². The summed E-state index contributed by atoms with van der Waals surface area (Å²) < 4.78 is 0. The van der Waals surface area contributed by atoms with Crippen molar-refractivity contribution in [1.82, 2.24) is 0 Å². The lowest BCUT2D eigenvalue weighted by Gasteiger charge is -2.21. The second-order valence-corrected chi connectivity index (χ2v) is 8.95. The predicted molar refractivity (Wildman–Crippen MR) is 112 cm³/mol. The van der Waals surface area contributed by atoms with Crippen LogP contribution in [0.5, 0.6) is 0 Å². The molecule has 144 valence electrons. The van der Waals surface area contributed by atoms with Crippen molar-refractivity contribution < 1.29 is 10.2 Å². The molecule has 0 saturated carbocycles. The summed E-state index contributed by atoms with van der Waals surface area (Å²) in [7, 11) is 0.207. The zero-order chi connectivity index (χ0) is 18.2. The maximum atomic E-state index is 10.1. The van der Waals surface area contributed by atoms with Crippen LogP contribution in [-0.4, -0.2) is 21.9 Å². The molecule has 0 radical (unpaired) electrons. The number of rotatable bonds is 16. The Hall–Kier alpha value is -0.430. The standard InChI is InChI=1S/C22H39O2P/c1-2-3-4-5-6-7-8-9-10-11-12-16-19-25-22(23,24)20-21-17-14-13-15-18-21/h13-15,17-18,23-25H,2-12,16,19-20H2,1H3. The summed E-state index contributed by atoms with van der Waals surface area (Å²) in [6.45, 7) is 2.27. The molecule has 0 aliphatic heterocycles. The van der Waals surface area contributed by atoms with E-state index < -0.39 is 5.53 Å². The van der Waals surface area contributed by atoms with E-state index in [2.05, 4.69) is 6.92 Å². The normalized spacial score (nSPS) is 12.3. The smallest absolute Gasteiger partial charge is 0.182 e. The number of unbranched alkanes of at least 4 members (excludes halogenated alkanes) is 11. The van der Waals surface area contributed by atoms with Gasteiger partial charge in [-0.15, -0.1) is 0 Å². The van der Waals surface area contributed by atoms with E-state index >= 15 is 0 Å². The molecule has 0 aliphatic carbocycles. The molecule has 1 unspecified atom stereocenters. The fraction of sp³-hybridized carbons (Fsp3) is 0.727. The molecule has 0 bridgehead atoms. The van der Waals surface area contributed by atoms with Crippen LogP contribution >= 0.6 is 8.58 Å². The molecule has 0 aromatic heterocycles. The highest BCUT2D eigenvalue weighted by molar-refractivity contribution is 7.39. The Labute approximate surface area is 157 Å². The van der Waals surface area contributed by atoms with E-state index in [1.54, 1.807) is 0 Å². The van der Waals surface area contributed by atoms with Gasteiger partial charge in [-0.25, -0.2) is 0 Å². The Morgan fingerprint density at radius 3 is 1.72 bits per heavy atom. The van der Waals surface area contributed by atoms with Crippen LogP contribution in [0, 0.1) is 0 Å². The molecule has 25 heavy (non-hydrogen) atoms. The number of aliphatic hydroxyl groups is 2. The summed E-state index contributed by atoms with van der Waals surface area (Å²) in [4.78, 5) is 0. The first-order chi connectivity index (χ1) is 12.1. The zero-order valence-corrected chi connectivity index (χ0v) is 17.2. The van der Waals surface area contributed by atoms with Crippen molar-refractivity contribution in [1.29, 1.82) is 0 Å². The molecule has 1 atom stereocenters. The van der Waals surface area contributed by atoms with Crippen LogP contribution in [0.15, 0.2) is 30.3 Å². The second-order valence-electron chi connectivity index (χ2n) is 7.29. The van der Waals surface area contributed by atoms with Crippen LogP contribution in [0.3, 0.4) is 0 Å². The molecule has 1 aromatic carbocycles. The van der Waals surface area contributed by atoms with Crippen molar-refractivity contribution >= 4 is 8.58 Å². The summed E-state index contributed by atoms with van der Waals surface area (Å²) >= 11 is 0. The molecule has 0 heterocycles. The molecule has 1 rings (SSSR count). The molecule has 0 aliphatic rings. The van der Waals surface area contributed by atoms with Crippen LogP contribution in [0.25, 0.3) is 0 Å². The molecule has 0 amide bonds. The molecule has 0 saturated heterocycles. The minimum Gasteiger partial charge on any atom is -0.362 e. The Bertz CT molecular complexity index is 406. The Kier molecular flexibility index (Phi) is 13.3. The van der Waals surface area contributed by atoms with Gasteiger partial charge in [-0.05, 0) is 18.1 Å². The van der Waals surface area contributed by atoms with Crippen molar-refractivity contribution in [3.05, 3.63) is 35.9 Å². The van der Waals surface area contributed by atoms with Crippen LogP contribution < -0.4 is 0 Å². The van der Waals surface area contributed by atoms with Crippen molar-refractivity contribution in [2.45, 2.75) is 95.9 Å². The summed E-state index contributed by atoms with van der Waals surface area (Å²) in [6.07, 6.45) is 17.4. The van der Waals surface area contributed by atoms with Gasteiger partial charge in [0.1, 0.15) is 0 Å². The lowest BCUT2D eigenvalue weighted by Crippen LogP contribution is -2.25. The lowest BCUT2D eigenvalue weighted by atomic mass is 10.1. The molecule has 3 heteroatoms. The number of hydrogen-bond donors (Lipinski definition) is 2. The van der Waals surface area contributed by atoms with Gasteiger partial charge in [0.15, 0.2) is 5.53 Å². The SMILES string of the molecule is CCCCCCCCCCCCCCPC(O)(O)Cc1ccccc1. The van der Waals surface area contributed by atoms with Crippen molar-refractivity contribution in [3.63, 3.8) is 0 Å². The van der Waals surface area contributed by atoms with E-state index in [9.17, 15) is 10.2 Å². The summed E-state index contributed by atoms with van der Waals surface area (Å²) in [5.74, 6) is 0. The molecule has 2 nitrogen and oxygen atoms in total. The van der Waals surface area contributed by atoms with Crippen molar-refractivity contribution in [3.8, 4) is 0 Å². The maximum Gasteiger partial charge on any atom is 0.182 e. The fourth-order valence-electron chi connectivity index (χ4n) is 3.20. The molecular weight excluding hydrogens is 327 g/mol. The first kappa shape index (κ1) is 22.6. The van der Waals surface area contributed by atoms with Gasteiger partial charge in [-0.2, -0.15) is 0 Å². The molecule has 1 aromatic rings. The van der Waals surface area contributed by atoms with E-state index in [4.69, 9.17) is 0 Å². The van der Waals surface area contributed by atoms with E-state index in [0.29, 0.717) is 6.42 Å². The average molecular weight is 367 g/mol. The minimum atomic E-state index is -1.53. The fourth-order valence-corrected chi connectivity index (χ4v) is 4.35. The van der Waals surface area contributed by atoms with Gasteiger partial charge in [0.25, 0.3) is 0 Å². The first-order valence-electron chi connectivity index (χ1n) is 10.4. The number of benzene rings is 1. The van der Waals surface area contributed by atoms with Crippen LogP contribution in [-0.2, 0) is 6.42 Å². The Morgan fingerprint density at radius 1 is 0.720 bits per heavy atom. The van der Waals surface area contributed by atoms with Crippen molar-refractivity contribution in [2.75, 3.05) is 6.16 Å². The summed E-state index contributed by atoms with van der Waals surface area (Å²) in [5.41, 5.74) is -0.534. The van der Waals surface area contributed by atoms with E-state index in [-0.39, 0.29) is 8.58 Å². The summed E-state index contributed by atoms with van der Waals surface area (Å²) in [5, 5.41) is 20.2. The Morgan fingerprint density at radius 2 is 1.20 bits per heavy atom. The molecular formula is C22H39O2P. The highest BCUT2D eigenvalue weighted by Crippen LogP contribution is 2.31. The Balaban J connectivity index is 1.89. The predicted octanol–water partition coefficient (Wildman–Crippen LogP) is 6.25. The van der Waals surface area contributed by atoms with Gasteiger partial charge in [-0.1, -0.05) is 116 Å². The van der Waals surface area contributed by atoms with Crippen LogP contribution in [0.4, 0.5) is 0 Å². The van der Waals surface area contributed by atoms with Gasteiger partial charge < -0.3 is 10.2 Å². The third kappa shape index (κ3) is 13.4.